The number of carbonyl (C=O) groups excluding carboxylic acids is 1. The van der Waals surface area contributed by atoms with Gasteiger partial charge >= 0.3 is 0 Å². The number of hydrogen-bond donors (Lipinski definition) is 0. The quantitative estimate of drug-likeness (QED) is 0.777. The highest BCUT2D eigenvalue weighted by Crippen LogP contribution is 2.24. The lowest BCUT2D eigenvalue weighted by Gasteiger charge is -2.12. The summed E-state index contributed by atoms with van der Waals surface area (Å²) in [6.45, 7) is 4.55. The van der Waals surface area contributed by atoms with Crippen LogP contribution in [0.2, 0.25) is 0 Å². The van der Waals surface area contributed by atoms with Crippen LogP contribution < -0.4 is 4.74 Å². The molecule has 7 nitrogen and oxygen atoms in total. The SMILES string of the molecule is CC(C)Oc1cncc(C(=O)[C@H](C#N)c2nnc3n2CCCCC3)c1. The number of rotatable bonds is 5. The van der Waals surface area contributed by atoms with E-state index in [1.54, 1.807) is 12.3 Å². The lowest BCUT2D eigenvalue weighted by Crippen LogP contribution is -2.18. The van der Waals surface area contributed by atoms with Gasteiger partial charge in [-0.05, 0) is 32.8 Å². The zero-order valence-corrected chi connectivity index (χ0v) is 14.5. The molecular formula is C18H21N5O2. The molecule has 7 heteroatoms. The maximum atomic E-state index is 12.9. The van der Waals surface area contributed by atoms with Crippen LogP contribution in [0.1, 0.15) is 61.0 Å². The first kappa shape index (κ1) is 17.1. The number of hydrogen-bond acceptors (Lipinski definition) is 6. The summed E-state index contributed by atoms with van der Waals surface area (Å²) >= 11 is 0. The maximum absolute atomic E-state index is 12.9. The molecule has 1 atom stereocenters. The van der Waals surface area contributed by atoms with Crippen molar-refractivity contribution in [1.29, 1.82) is 5.26 Å². The fraction of sp³-hybridized carbons (Fsp3) is 0.500. The summed E-state index contributed by atoms with van der Waals surface area (Å²) in [5, 5.41) is 17.9. The van der Waals surface area contributed by atoms with E-state index >= 15 is 0 Å². The van der Waals surface area contributed by atoms with Crippen molar-refractivity contribution < 1.29 is 9.53 Å². The molecule has 1 aliphatic rings. The summed E-state index contributed by atoms with van der Waals surface area (Å²) in [4.78, 5) is 16.9. The second kappa shape index (κ2) is 7.43. The third-order valence-corrected chi connectivity index (χ3v) is 4.16. The minimum Gasteiger partial charge on any atom is -0.489 e. The molecule has 0 saturated carbocycles. The number of carbonyl (C=O) groups is 1. The van der Waals surface area contributed by atoms with Crippen molar-refractivity contribution in [2.75, 3.05) is 0 Å². The minimum atomic E-state index is -0.990. The second-order valence-corrected chi connectivity index (χ2v) is 6.44. The average molecular weight is 339 g/mol. The molecule has 0 N–H and O–H groups in total. The van der Waals surface area contributed by atoms with E-state index in [2.05, 4.69) is 21.3 Å². The number of ether oxygens (including phenoxy) is 1. The van der Waals surface area contributed by atoms with Gasteiger partial charge in [0.15, 0.2) is 17.5 Å². The van der Waals surface area contributed by atoms with Gasteiger partial charge in [-0.1, -0.05) is 6.42 Å². The van der Waals surface area contributed by atoms with Gasteiger partial charge in [0.25, 0.3) is 0 Å². The van der Waals surface area contributed by atoms with E-state index in [0.29, 0.717) is 17.1 Å². The number of nitriles is 1. The number of Topliss-reactive ketones (excluding diaryl/α,β-unsaturated/α-hetero) is 1. The first-order valence-electron chi connectivity index (χ1n) is 8.57. The second-order valence-electron chi connectivity index (χ2n) is 6.44. The molecule has 3 rings (SSSR count). The molecule has 0 saturated heterocycles. The van der Waals surface area contributed by atoms with E-state index in [1.165, 1.54) is 6.20 Å². The van der Waals surface area contributed by atoms with Crippen molar-refractivity contribution >= 4 is 5.78 Å². The predicted molar refractivity (Wildman–Crippen MR) is 90.3 cm³/mol. The van der Waals surface area contributed by atoms with Gasteiger partial charge in [0.2, 0.25) is 0 Å². The Labute approximate surface area is 146 Å². The molecule has 3 heterocycles. The highest BCUT2D eigenvalue weighted by molar-refractivity contribution is 6.02. The minimum absolute atomic E-state index is 0.0221. The highest BCUT2D eigenvalue weighted by Gasteiger charge is 2.29. The Balaban J connectivity index is 1.90. The largest absolute Gasteiger partial charge is 0.489 e. The number of pyridine rings is 1. The van der Waals surface area contributed by atoms with E-state index in [4.69, 9.17) is 4.74 Å². The molecule has 130 valence electrons. The zero-order chi connectivity index (χ0) is 17.8. The third-order valence-electron chi connectivity index (χ3n) is 4.16. The van der Waals surface area contributed by atoms with E-state index < -0.39 is 5.92 Å². The Morgan fingerprint density at radius 1 is 1.28 bits per heavy atom. The van der Waals surface area contributed by atoms with Crippen LogP contribution in [0.3, 0.4) is 0 Å². The summed E-state index contributed by atoms with van der Waals surface area (Å²) < 4.78 is 7.52. The summed E-state index contributed by atoms with van der Waals surface area (Å²) in [5.41, 5.74) is 0.343. The standard InChI is InChI=1S/C18H21N5O2/c1-12(2)25-14-8-13(10-20-11-14)17(24)15(9-19)18-22-21-16-6-4-3-5-7-23(16)18/h8,10-12,15H,3-7H2,1-2H3/t15-/m0/s1. The van der Waals surface area contributed by atoms with E-state index in [0.717, 1.165) is 38.1 Å². The molecule has 2 aromatic rings. The van der Waals surface area contributed by atoms with Gasteiger partial charge in [-0.15, -0.1) is 10.2 Å². The van der Waals surface area contributed by atoms with Crippen molar-refractivity contribution in [2.45, 2.75) is 58.1 Å². The van der Waals surface area contributed by atoms with Crippen LogP contribution in [0, 0.1) is 11.3 Å². The molecule has 0 unspecified atom stereocenters. The predicted octanol–water partition coefficient (Wildman–Crippen LogP) is 2.68. The van der Waals surface area contributed by atoms with Gasteiger partial charge in [-0.2, -0.15) is 5.26 Å². The molecule has 25 heavy (non-hydrogen) atoms. The summed E-state index contributed by atoms with van der Waals surface area (Å²) in [7, 11) is 0. The Hall–Kier alpha value is -2.75. The molecule has 0 aromatic carbocycles. The number of aromatic nitrogens is 4. The number of nitrogens with zero attached hydrogens (tertiary/aromatic N) is 5. The van der Waals surface area contributed by atoms with Crippen molar-refractivity contribution in [3.8, 4) is 11.8 Å². The van der Waals surface area contributed by atoms with Crippen LogP contribution in [0.25, 0.3) is 0 Å². The van der Waals surface area contributed by atoms with Crippen LogP contribution in [0.4, 0.5) is 0 Å². The Morgan fingerprint density at radius 3 is 2.88 bits per heavy atom. The van der Waals surface area contributed by atoms with Crippen LogP contribution in [0.15, 0.2) is 18.5 Å². The zero-order valence-electron chi connectivity index (χ0n) is 14.5. The molecule has 0 amide bonds. The summed E-state index contributed by atoms with van der Waals surface area (Å²) in [5.74, 6) is 0.479. The molecule has 0 fully saturated rings. The molecular weight excluding hydrogens is 318 g/mol. The van der Waals surface area contributed by atoms with Gasteiger partial charge < -0.3 is 9.30 Å². The Morgan fingerprint density at radius 2 is 2.12 bits per heavy atom. The Kier molecular flexibility index (Phi) is 5.08. The van der Waals surface area contributed by atoms with Crippen LogP contribution >= 0.6 is 0 Å². The van der Waals surface area contributed by atoms with Gasteiger partial charge in [0.05, 0.1) is 18.4 Å². The molecule has 1 aliphatic heterocycles. The van der Waals surface area contributed by atoms with Gasteiger partial charge in [-0.25, -0.2) is 0 Å². The lowest BCUT2D eigenvalue weighted by molar-refractivity contribution is 0.0973. The summed E-state index contributed by atoms with van der Waals surface area (Å²) in [6, 6.07) is 3.72. The fourth-order valence-corrected chi connectivity index (χ4v) is 3.01. The van der Waals surface area contributed by atoms with Crippen molar-refractivity contribution in [2.24, 2.45) is 0 Å². The van der Waals surface area contributed by atoms with Crippen molar-refractivity contribution in [3.05, 3.63) is 35.7 Å². The highest BCUT2D eigenvalue weighted by atomic mass is 16.5. The molecule has 0 bridgehead atoms. The van der Waals surface area contributed by atoms with Gasteiger partial charge in [0.1, 0.15) is 11.6 Å². The fourth-order valence-electron chi connectivity index (χ4n) is 3.01. The van der Waals surface area contributed by atoms with Crippen molar-refractivity contribution in [1.82, 2.24) is 19.7 Å². The molecule has 2 aromatic heterocycles. The first-order valence-corrected chi connectivity index (χ1v) is 8.57. The monoisotopic (exact) mass is 339 g/mol. The van der Waals surface area contributed by atoms with Crippen LogP contribution in [-0.2, 0) is 13.0 Å². The van der Waals surface area contributed by atoms with E-state index in [-0.39, 0.29) is 11.9 Å². The number of aryl methyl sites for hydroxylation is 1. The first-order chi connectivity index (χ1) is 12.1. The average Bonchev–Trinajstić information content (AvgIpc) is 2.83. The third kappa shape index (κ3) is 3.68. The van der Waals surface area contributed by atoms with Crippen LogP contribution in [-0.4, -0.2) is 31.6 Å². The van der Waals surface area contributed by atoms with Crippen LogP contribution in [0.5, 0.6) is 5.75 Å². The summed E-state index contributed by atoms with van der Waals surface area (Å²) in [6.07, 6.45) is 7.00. The molecule has 0 spiro atoms. The normalized spacial score (nSPS) is 15.1. The maximum Gasteiger partial charge on any atom is 0.189 e. The van der Waals surface area contributed by atoms with E-state index in [1.807, 2.05) is 18.4 Å². The molecule has 0 radical (unpaired) electrons. The Bertz CT molecular complexity index is 806. The van der Waals surface area contributed by atoms with Gasteiger partial charge in [0, 0.05) is 24.7 Å². The number of fused-ring (bicyclic) bond motifs is 1. The lowest BCUT2D eigenvalue weighted by atomic mass is 9.99. The van der Waals surface area contributed by atoms with E-state index in [9.17, 15) is 10.1 Å². The van der Waals surface area contributed by atoms with Gasteiger partial charge in [-0.3, -0.25) is 9.78 Å². The number of ketones is 1. The smallest absolute Gasteiger partial charge is 0.189 e. The topological polar surface area (TPSA) is 93.7 Å². The van der Waals surface area contributed by atoms with Crippen molar-refractivity contribution in [3.63, 3.8) is 0 Å². The molecule has 0 aliphatic carbocycles.